The molecule has 0 spiro atoms. The van der Waals surface area contributed by atoms with Crippen LogP contribution in [0, 0.1) is 3.57 Å². The molecule has 1 saturated heterocycles. The second kappa shape index (κ2) is 13.3. The first-order valence-electron chi connectivity index (χ1n) is 12.8. The highest BCUT2D eigenvalue weighted by atomic mass is 127. The van der Waals surface area contributed by atoms with E-state index in [0.717, 1.165) is 25.2 Å². The summed E-state index contributed by atoms with van der Waals surface area (Å²) in [4.78, 5) is 42.7. The zero-order chi connectivity index (χ0) is 28.9. The van der Waals surface area contributed by atoms with Crippen molar-refractivity contribution >= 4 is 63.9 Å². The van der Waals surface area contributed by atoms with Gasteiger partial charge in [0.1, 0.15) is 29.5 Å². The molecule has 2 amide bonds. The van der Waals surface area contributed by atoms with Crippen LogP contribution in [0.15, 0.2) is 88.3 Å². The van der Waals surface area contributed by atoms with Gasteiger partial charge < -0.3 is 19.9 Å². The van der Waals surface area contributed by atoms with Gasteiger partial charge in [0.15, 0.2) is 0 Å². The van der Waals surface area contributed by atoms with E-state index >= 15 is 0 Å². The Morgan fingerprint density at radius 2 is 1.80 bits per heavy atom. The van der Waals surface area contributed by atoms with Gasteiger partial charge in [-0.2, -0.15) is 0 Å². The van der Waals surface area contributed by atoms with Crippen LogP contribution in [0.2, 0.25) is 0 Å². The topological polar surface area (TPSA) is 105 Å². The van der Waals surface area contributed by atoms with Crippen molar-refractivity contribution in [2.75, 3.05) is 12.9 Å². The highest BCUT2D eigenvalue weighted by Gasteiger charge is 2.54. The van der Waals surface area contributed by atoms with E-state index in [-0.39, 0.29) is 37.1 Å². The molecule has 3 aromatic carbocycles. The number of esters is 1. The molecule has 0 bridgehead atoms. The summed E-state index contributed by atoms with van der Waals surface area (Å²) < 4.78 is 11.8. The van der Waals surface area contributed by atoms with Crippen molar-refractivity contribution in [1.82, 2.24) is 10.2 Å². The van der Waals surface area contributed by atoms with Gasteiger partial charge in [0, 0.05) is 19.1 Å². The minimum Gasteiger partial charge on any atom is -0.497 e. The van der Waals surface area contributed by atoms with Gasteiger partial charge >= 0.3 is 5.97 Å². The molecule has 0 unspecified atom stereocenters. The fourth-order valence-electron chi connectivity index (χ4n) is 4.46. The summed E-state index contributed by atoms with van der Waals surface area (Å²) in [6.45, 7) is -0.0339. The summed E-state index contributed by atoms with van der Waals surface area (Å²) in [7, 11) is 1.58. The number of fused-ring (bicyclic) bond motifs is 1. The lowest BCUT2D eigenvalue weighted by Gasteiger charge is -2.49. The number of hydrogen-bond acceptors (Lipinski definition) is 8. The van der Waals surface area contributed by atoms with E-state index in [1.54, 1.807) is 19.2 Å². The number of carbonyl (C=O) groups excluding carboxylic acids is 3. The monoisotopic (exact) mass is 702 g/mol. The third-order valence-corrected chi connectivity index (χ3v) is 10.5. The number of halogens is 1. The Morgan fingerprint density at radius 1 is 1.07 bits per heavy atom. The Kier molecular flexibility index (Phi) is 9.58. The highest BCUT2D eigenvalue weighted by Crippen LogP contribution is 2.46. The van der Waals surface area contributed by atoms with Crippen molar-refractivity contribution in [1.29, 1.82) is 0 Å². The van der Waals surface area contributed by atoms with Crippen LogP contribution in [-0.4, -0.2) is 52.1 Å². The number of thioether (sulfide) groups is 2. The molecule has 2 heterocycles. The molecule has 0 aromatic heterocycles. The Hall–Kier alpha value is -3.00. The molecule has 0 radical (unpaired) electrons. The average molecular weight is 703 g/mol. The van der Waals surface area contributed by atoms with E-state index < -0.39 is 17.4 Å². The van der Waals surface area contributed by atoms with Gasteiger partial charge in [-0.15, -0.1) is 11.8 Å². The molecule has 3 aromatic rings. The van der Waals surface area contributed by atoms with Gasteiger partial charge in [0.05, 0.1) is 20.1 Å². The number of aliphatic hydroxyl groups is 1. The van der Waals surface area contributed by atoms with Crippen molar-refractivity contribution in [3.63, 3.8) is 0 Å². The lowest BCUT2D eigenvalue weighted by Crippen LogP contribution is -2.70. The van der Waals surface area contributed by atoms with Crippen LogP contribution in [0.5, 0.6) is 5.75 Å². The predicted octanol–water partition coefficient (Wildman–Crippen LogP) is 4.48. The third-order valence-electron chi connectivity index (χ3n) is 6.59. The molecule has 0 aliphatic carbocycles. The summed E-state index contributed by atoms with van der Waals surface area (Å²) in [5.41, 5.74) is 2.63. The van der Waals surface area contributed by atoms with Gasteiger partial charge in [-0.25, -0.2) is 4.79 Å². The number of nitrogens with zero attached hydrogens (tertiary/aromatic N) is 1. The number of rotatable bonds is 10. The van der Waals surface area contributed by atoms with Crippen molar-refractivity contribution in [3.8, 4) is 5.75 Å². The number of carbonyl (C=O) groups is 3. The van der Waals surface area contributed by atoms with E-state index in [1.807, 2.05) is 60.7 Å². The molecule has 2 aliphatic rings. The quantitative estimate of drug-likeness (QED) is 0.181. The number of methoxy groups -OCH3 is 1. The highest BCUT2D eigenvalue weighted by molar-refractivity contribution is 14.1. The van der Waals surface area contributed by atoms with Crippen molar-refractivity contribution in [3.05, 3.63) is 104 Å². The van der Waals surface area contributed by atoms with E-state index in [0.29, 0.717) is 16.4 Å². The Labute approximate surface area is 260 Å². The van der Waals surface area contributed by atoms with Gasteiger partial charge in [0.2, 0.25) is 5.91 Å². The Morgan fingerprint density at radius 3 is 2.49 bits per heavy atom. The Balaban J connectivity index is 1.36. The second-order valence-electron chi connectivity index (χ2n) is 9.34. The van der Waals surface area contributed by atoms with E-state index in [4.69, 9.17) is 9.47 Å². The number of nitrogens with one attached hydrogen (secondary N) is 1. The number of benzene rings is 3. The van der Waals surface area contributed by atoms with Crippen LogP contribution < -0.4 is 10.1 Å². The van der Waals surface area contributed by atoms with E-state index in [1.165, 1.54) is 28.4 Å². The lowest BCUT2D eigenvalue weighted by molar-refractivity contribution is -0.153. The van der Waals surface area contributed by atoms with Crippen LogP contribution >= 0.6 is 46.1 Å². The lowest BCUT2D eigenvalue weighted by atomic mass is 10.0. The summed E-state index contributed by atoms with van der Waals surface area (Å²) >= 11 is 5.10. The first kappa shape index (κ1) is 29.5. The molecule has 2 atom stereocenters. The SMILES string of the molecule is COc1ccc(COC(=O)C2=C(Sc3ccc(CO)cc3I)CS[C@@H]3[C@H](NC(=O)Cc4ccccc4)C(=O)N23)cc1. The fraction of sp³-hybridized carbons (Fsp3) is 0.233. The minimum atomic E-state index is -0.726. The summed E-state index contributed by atoms with van der Waals surface area (Å²) in [6.07, 6.45) is 0.165. The maximum Gasteiger partial charge on any atom is 0.356 e. The average Bonchev–Trinajstić information content (AvgIpc) is 3.00. The molecule has 0 saturated carbocycles. The van der Waals surface area contributed by atoms with Gasteiger partial charge in [-0.05, 0) is 63.5 Å². The zero-order valence-electron chi connectivity index (χ0n) is 22.0. The van der Waals surface area contributed by atoms with Gasteiger partial charge in [-0.3, -0.25) is 14.5 Å². The largest absolute Gasteiger partial charge is 0.497 e. The molecule has 41 heavy (non-hydrogen) atoms. The van der Waals surface area contributed by atoms with Crippen molar-refractivity contribution in [2.24, 2.45) is 0 Å². The fourth-order valence-corrected chi connectivity index (χ4v) is 7.84. The molecule has 1 fully saturated rings. The summed E-state index contributed by atoms with van der Waals surface area (Å²) in [5.74, 6) is -0.0286. The maximum absolute atomic E-state index is 13.5. The Bertz CT molecular complexity index is 1480. The van der Waals surface area contributed by atoms with Crippen molar-refractivity contribution in [2.45, 2.75) is 35.9 Å². The van der Waals surface area contributed by atoms with Crippen LogP contribution in [0.25, 0.3) is 0 Å². The minimum absolute atomic E-state index is 0.0318. The first-order valence-corrected chi connectivity index (χ1v) is 15.7. The third kappa shape index (κ3) is 6.74. The molecule has 11 heteroatoms. The van der Waals surface area contributed by atoms with Crippen LogP contribution in [0.1, 0.15) is 16.7 Å². The number of aliphatic hydroxyl groups excluding tert-OH is 1. The number of ether oxygens (including phenoxy) is 2. The van der Waals surface area contributed by atoms with E-state index in [9.17, 15) is 19.5 Å². The molecule has 2 aliphatic heterocycles. The van der Waals surface area contributed by atoms with Crippen LogP contribution in [0.4, 0.5) is 0 Å². The van der Waals surface area contributed by atoms with Gasteiger partial charge in [0.25, 0.3) is 5.91 Å². The van der Waals surface area contributed by atoms with Crippen LogP contribution in [-0.2, 0) is 38.8 Å². The van der Waals surface area contributed by atoms with Gasteiger partial charge in [-0.1, -0.05) is 60.3 Å². The van der Waals surface area contributed by atoms with Crippen LogP contribution in [0.3, 0.4) is 0 Å². The number of β-lactam (4-membered cyclic amide) rings is 1. The number of hydrogen-bond donors (Lipinski definition) is 2. The second-order valence-corrected chi connectivity index (χ2v) is 12.7. The standard InChI is InChI=1S/C30H27IN2O6S2/c1-38-21-10-7-19(8-11-21)16-39-30(37)27-24(41-23-12-9-20(15-34)13-22(23)31)17-40-29-26(28(36)33(27)29)32-25(35)14-18-5-3-2-4-6-18/h2-13,26,29,34H,14-17H2,1H3,(H,32,35)/t26-,29-/m1/s1. The maximum atomic E-state index is 13.5. The summed E-state index contributed by atoms with van der Waals surface area (Å²) in [5, 5.41) is 11.9. The molecule has 2 N–H and O–H groups in total. The zero-order valence-corrected chi connectivity index (χ0v) is 25.8. The van der Waals surface area contributed by atoms with E-state index in [2.05, 4.69) is 27.9 Å². The molecule has 8 nitrogen and oxygen atoms in total. The molecular formula is C30H27IN2O6S2. The first-order chi connectivity index (χ1) is 19.9. The predicted molar refractivity (Wildman–Crippen MR) is 166 cm³/mol. The normalized spacial score (nSPS) is 17.9. The molecule has 212 valence electrons. The molecular weight excluding hydrogens is 675 g/mol. The summed E-state index contributed by atoms with van der Waals surface area (Å²) in [6, 6.07) is 21.4. The smallest absolute Gasteiger partial charge is 0.356 e. The number of amides is 2. The van der Waals surface area contributed by atoms with Crippen molar-refractivity contribution < 1.29 is 29.0 Å². The molecule has 5 rings (SSSR count).